The lowest BCUT2D eigenvalue weighted by Gasteiger charge is -2.33. The number of benzene rings is 1. The number of furan rings is 1. The monoisotopic (exact) mass is 339 g/mol. The number of aryl methyl sites for hydroxylation is 1. The maximum absolute atomic E-state index is 12.4. The van der Waals surface area contributed by atoms with Gasteiger partial charge in [-0.15, -0.1) is 0 Å². The van der Waals surface area contributed by atoms with Crippen molar-refractivity contribution in [3.05, 3.63) is 59.0 Å². The molecule has 3 rings (SSSR count). The average Bonchev–Trinajstić information content (AvgIpc) is 3.08. The molecule has 2 aromatic rings. The van der Waals surface area contributed by atoms with Gasteiger partial charge in [0.05, 0.1) is 30.9 Å². The number of hydrogen-bond acceptors (Lipinski definition) is 5. The van der Waals surface area contributed by atoms with E-state index in [0.29, 0.717) is 30.9 Å². The van der Waals surface area contributed by atoms with Crippen LogP contribution in [0.1, 0.15) is 33.5 Å². The lowest BCUT2D eigenvalue weighted by molar-refractivity contribution is 0.0117. The Kier molecular flexibility index (Phi) is 5.49. The molecule has 6 heteroatoms. The van der Waals surface area contributed by atoms with E-state index in [1.165, 1.54) is 0 Å². The van der Waals surface area contributed by atoms with Gasteiger partial charge in [-0.1, -0.05) is 6.07 Å². The molecule has 1 N–H and O–H groups in total. The first-order valence-electron chi connectivity index (χ1n) is 8.34. The van der Waals surface area contributed by atoms with Crippen molar-refractivity contribution < 1.29 is 13.9 Å². The SMILES string of the molecule is Cc1ccc(C(CNC(=O)c2cccc(C#N)c2)N2CCOCC2)o1. The summed E-state index contributed by atoms with van der Waals surface area (Å²) in [5.41, 5.74) is 0.953. The van der Waals surface area contributed by atoms with Crippen LogP contribution >= 0.6 is 0 Å². The number of rotatable bonds is 5. The standard InChI is InChI=1S/C19H21N3O3/c1-14-5-6-18(25-14)17(22-7-9-24-10-8-22)13-21-19(23)16-4-2-3-15(11-16)12-20/h2-6,11,17H,7-10,13H2,1H3,(H,21,23). The second-order valence-electron chi connectivity index (χ2n) is 6.02. The zero-order valence-corrected chi connectivity index (χ0v) is 14.2. The number of morpholine rings is 1. The molecule has 1 fully saturated rings. The molecule has 1 saturated heterocycles. The third-order valence-corrected chi connectivity index (χ3v) is 4.29. The predicted molar refractivity (Wildman–Crippen MR) is 92.1 cm³/mol. The quantitative estimate of drug-likeness (QED) is 0.904. The van der Waals surface area contributed by atoms with Gasteiger partial charge in [-0.2, -0.15) is 5.26 Å². The predicted octanol–water partition coefficient (Wildman–Crippen LogP) is 2.26. The van der Waals surface area contributed by atoms with Gasteiger partial charge in [0.25, 0.3) is 5.91 Å². The van der Waals surface area contributed by atoms with E-state index in [4.69, 9.17) is 14.4 Å². The lowest BCUT2D eigenvalue weighted by atomic mass is 10.1. The molecular weight excluding hydrogens is 318 g/mol. The topological polar surface area (TPSA) is 78.5 Å². The van der Waals surface area contributed by atoms with Gasteiger partial charge in [-0.05, 0) is 37.3 Å². The van der Waals surface area contributed by atoms with Gasteiger partial charge in [0.2, 0.25) is 0 Å². The normalized spacial score (nSPS) is 16.2. The van der Waals surface area contributed by atoms with E-state index < -0.39 is 0 Å². The van der Waals surface area contributed by atoms with Crippen molar-refractivity contribution in [1.82, 2.24) is 10.2 Å². The van der Waals surface area contributed by atoms with Crippen molar-refractivity contribution in [3.63, 3.8) is 0 Å². The third-order valence-electron chi connectivity index (χ3n) is 4.29. The van der Waals surface area contributed by atoms with Crippen molar-refractivity contribution in [3.8, 4) is 6.07 Å². The smallest absolute Gasteiger partial charge is 0.251 e. The fourth-order valence-electron chi connectivity index (χ4n) is 2.95. The Morgan fingerprint density at radius 3 is 2.80 bits per heavy atom. The Hall–Kier alpha value is -2.62. The number of nitrogens with one attached hydrogen (secondary N) is 1. The number of ether oxygens (including phenoxy) is 1. The molecule has 1 aliphatic heterocycles. The highest BCUT2D eigenvalue weighted by Crippen LogP contribution is 2.23. The number of hydrogen-bond donors (Lipinski definition) is 1. The van der Waals surface area contributed by atoms with Crippen LogP contribution in [0.25, 0.3) is 0 Å². The number of carbonyl (C=O) groups is 1. The van der Waals surface area contributed by atoms with E-state index in [0.717, 1.165) is 24.6 Å². The first kappa shape index (κ1) is 17.2. The van der Waals surface area contributed by atoms with Crippen LogP contribution in [0.3, 0.4) is 0 Å². The van der Waals surface area contributed by atoms with Gasteiger partial charge in [0.1, 0.15) is 11.5 Å². The molecule has 130 valence electrons. The van der Waals surface area contributed by atoms with E-state index in [1.54, 1.807) is 24.3 Å². The minimum Gasteiger partial charge on any atom is -0.465 e. The van der Waals surface area contributed by atoms with Crippen LogP contribution in [0, 0.1) is 18.3 Å². The molecule has 6 nitrogen and oxygen atoms in total. The Bertz CT molecular complexity index is 772. The number of nitriles is 1. The molecule has 25 heavy (non-hydrogen) atoms. The van der Waals surface area contributed by atoms with E-state index in [2.05, 4.69) is 16.3 Å². The summed E-state index contributed by atoms with van der Waals surface area (Å²) in [6.07, 6.45) is 0. The van der Waals surface area contributed by atoms with Gasteiger partial charge >= 0.3 is 0 Å². The summed E-state index contributed by atoms with van der Waals surface area (Å²) >= 11 is 0. The van der Waals surface area contributed by atoms with Crippen molar-refractivity contribution in [2.24, 2.45) is 0 Å². The van der Waals surface area contributed by atoms with Gasteiger partial charge in [0.15, 0.2) is 0 Å². The molecular formula is C19H21N3O3. The summed E-state index contributed by atoms with van der Waals surface area (Å²) in [4.78, 5) is 14.7. The Labute approximate surface area is 147 Å². The fourth-order valence-corrected chi connectivity index (χ4v) is 2.95. The molecule has 0 aliphatic carbocycles. The highest BCUT2D eigenvalue weighted by Gasteiger charge is 2.25. The summed E-state index contributed by atoms with van der Waals surface area (Å²) < 4.78 is 11.2. The molecule has 1 atom stereocenters. The summed E-state index contributed by atoms with van der Waals surface area (Å²) in [5.74, 6) is 1.49. The summed E-state index contributed by atoms with van der Waals surface area (Å²) in [7, 11) is 0. The van der Waals surface area contributed by atoms with Crippen LogP contribution in [-0.4, -0.2) is 43.7 Å². The third kappa shape index (κ3) is 4.27. The van der Waals surface area contributed by atoms with Gasteiger partial charge in [-0.25, -0.2) is 0 Å². The first-order chi connectivity index (χ1) is 12.2. The number of carbonyl (C=O) groups excluding carboxylic acids is 1. The molecule has 1 aromatic heterocycles. The maximum Gasteiger partial charge on any atom is 0.251 e. The van der Waals surface area contributed by atoms with Crippen molar-refractivity contribution >= 4 is 5.91 Å². The fraction of sp³-hybridized carbons (Fsp3) is 0.368. The lowest BCUT2D eigenvalue weighted by Crippen LogP contribution is -2.43. The van der Waals surface area contributed by atoms with Crippen LogP contribution in [0.4, 0.5) is 0 Å². The number of nitrogens with zero attached hydrogens (tertiary/aromatic N) is 2. The summed E-state index contributed by atoms with van der Waals surface area (Å²) in [6, 6.07) is 12.6. The van der Waals surface area contributed by atoms with Crippen LogP contribution in [-0.2, 0) is 4.74 Å². The van der Waals surface area contributed by atoms with Crippen molar-refractivity contribution in [2.45, 2.75) is 13.0 Å². The van der Waals surface area contributed by atoms with E-state index in [1.807, 2.05) is 19.1 Å². The van der Waals surface area contributed by atoms with E-state index >= 15 is 0 Å². The van der Waals surface area contributed by atoms with E-state index in [-0.39, 0.29) is 11.9 Å². The zero-order valence-electron chi connectivity index (χ0n) is 14.2. The van der Waals surface area contributed by atoms with Crippen molar-refractivity contribution in [1.29, 1.82) is 5.26 Å². The second kappa shape index (κ2) is 7.97. The molecule has 0 radical (unpaired) electrons. The summed E-state index contributed by atoms with van der Waals surface area (Å²) in [6.45, 7) is 5.28. The first-order valence-corrected chi connectivity index (χ1v) is 8.34. The largest absolute Gasteiger partial charge is 0.465 e. The zero-order chi connectivity index (χ0) is 17.6. The molecule has 0 saturated carbocycles. The molecule has 1 aromatic carbocycles. The van der Waals surface area contributed by atoms with Gasteiger partial charge in [-0.3, -0.25) is 9.69 Å². The highest BCUT2D eigenvalue weighted by atomic mass is 16.5. The van der Waals surface area contributed by atoms with Gasteiger partial charge < -0.3 is 14.5 Å². The van der Waals surface area contributed by atoms with E-state index in [9.17, 15) is 4.79 Å². The molecule has 1 unspecified atom stereocenters. The molecule has 1 amide bonds. The molecule has 0 bridgehead atoms. The summed E-state index contributed by atoms with van der Waals surface area (Å²) in [5, 5.41) is 11.9. The average molecular weight is 339 g/mol. The minimum absolute atomic E-state index is 0.0410. The van der Waals surface area contributed by atoms with Crippen LogP contribution in [0.15, 0.2) is 40.8 Å². The second-order valence-corrected chi connectivity index (χ2v) is 6.02. The Morgan fingerprint density at radius 2 is 2.12 bits per heavy atom. The Morgan fingerprint density at radius 1 is 1.32 bits per heavy atom. The highest BCUT2D eigenvalue weighted by molar-refractivity contribution is 5.94. The van der Waals surface area contributed by atoms with Crippen molar-refractivity contribution in [2.75, 3.05) is 32.8 Å². The van der Waals surface area contributed by atoms with Crippen LogP contribution in [0.2, 0.25) is 0 Å². The van der Waals surface area contributed by atoms with Crippen LogP contribution < -0.4 is 5.32 Å². The maximum atomic E-state index is 12.4. The molecule has 1 aliphatic rings. The number of amides is 1. The van der Waals surface area contributed by atoms with Gasteiger partial charge in [0, 0.05) is 25.2 Å². The molecule has 0 spiro atoms. The Balaban J connectivity index is 1.71. The molecule has 2 heterocycles. The van der Waals surface area contributed by atoms with Crippen LogP contribution in [0.5, 0.6) is 0 Å². The minimum atomic E-state index is -0.196.